The predicted molar refractivity (Wildman–Crippen MR) is 87.5 cm³/mol. The molecule has 6 heteroatoms. The van der Waals surface area contributed by atoms with Gasteiger partial charge in [0, 0.05) is 17.1 Å². The lowest BCUT2D eigenvalue weighted by Gasteiger charge is -2.10. The largest absolute Gasteiger partial charge is 0.496 e. The highest BCUT2D eigenvalue weighted by molar-refractivity contribution is 7.84. The summed E-state index contributed by atoms with van der Waals surface area (Å²) in [4.78, 5) is 0.533. The number of ether oxygens (including phenoxy) is 1. The smallest absolute Gasteiger partial charge is 0.123 e. The van der Waals surface area contributed by atoms with Gasteiger partial charge in [-0.15, -0.1) is 0 Å². The van der Waals surface area contributed by atoms with Crippen LogP contribution in [-0.2, 0) is 23.1 Å². The number of nitrogens with two attached hydrogens (primary N) is 1. The van der Waals surface area contributed by atoms with Crippen LogP contribution in [0.5, 0.6) is 5.75 Å². The van der Waals surface area contributed by atoms with Gasteiger partial charge in [-0.25, -0.2) is 0 Å². The molecule has 0 amide bonds. The van der Waals surface area contributed by atoms with E-state index in [1.807, 2.05) is 18.2 Å². The van der Waals surface area contributed by atoms with Crippen LogP contribution in [0.3, 0.4) is 0 Å². The molecule has 2 N–H and O–H groups in total. The van der Waals surface area contributed by atoms with E-state index >= 15 is 0 Å². The first kappa shape index (κ1) is 16.3. The standard InChI is InChI=1S/C15H15Cl2NO2S/c1-20-14-6-10(2-3-11(14)8-18)9-21(19)15-7-12(16)4-5-13(15)17/h2-7H,8-9,18H2,1H3. The molecule has 1 unspecified atom stereocenters. The fourth-order valence-electron chi connectivity index (χ4n) is 1.93. The van der Waals surface area contributed by atoms with Gasteiger partial charge in [-0.05, 0) is 29.8 Å². The summed E-state index contributed by atoms with van der Waals surface area (Å²) in [5.74, 6) is 1.03. The summed E-state index contributed by atoms with van der Waals surface area (Å²) in [6.45, 7) is 0.395. The zero-order valence-electron chi connectivity index (χ0n) is 11.4. The second kappa shape index (κ2) is 7.27. The molecule has 2 aromatic rings. The molecule has 21 heavy (non-hydrogen) atoms. The van der Waals surface area contributed by atoms with Gasteiger partial charge < -0.3 is 10.5 Å². The Morgan fingerprint density at radius 2 is 1.95 bits per heavy atom. The summed E-state index contributed by atoms with van der Waals surface area (Å²) in [6.07, 6.45) is 0. The molecule has 0 aromatic heterocycles. The van der Waals surface area contributed by atoms with Crippen molar-refractivity contribution in [3.8, 4) is 5.75 Å². The molecule has 0 saturated carbocycles. The van der Waals surface area contributed by atoms with Gasteiger partial charge in [-0.1, -0.05) is 35.3 Å². The molecule has 0 aliphatic carbocycles. The Kier molecular flexibility index (Phi) is 5.65. The van der Waals surface area contributed by atoms with Crippen LogP contribution in [0.4, 0.5) is 0 Å². The van der Waals surface area contributed by atoms with Gasteiger partial charge in [0.2, 0.25) is 0 Å². The van der Waals surface area contributed by atoms with Gasteiger partial charge in [0.1, 0.15) is 5.75 Å². The van der Waals surface area contributed by atoms with Crippen molar-refractivity contribution in [2.24, 2.45) is 5.73 Å². The van der Waals surface area contributed by atoms with Crippen molar-refractivity contribution in [2.75, 3.05) is 7.11 Å². The van der Waals surface area contributed by atoms with Gasteiger partial charge in [0.05, 0.1) is 33.6 Å². The van der Waals surface area contributed by atoms with Crippen molar-refractivity contribution in [3.63, 3.8) is 0 Å². The molecule has 0 aliphatic heterocycles. The van der Waals surface area contributed by atoms with E-state index in [1.165, 1.54) is 0 Å². The summed E-state index contributed by atoms with van der Waals surface area (Å²) in [7, 11) is 0.308. The Bertz CT molecular complexity index is 677. The quantitative estimate of drug-likeness (QED) is 0.898. The summed E-state index contributed by atoms with van der Waals surface area (Å²) in [5, 5.41) is 0.960. The van der Waals surface area contributed by atoms with Gasteiger partial charge in [0.15, 0.2) is 0 Å². The molecule has 0 heterocycles. The second-order valence-electron chi connectivity index (χ2n) is 4.41. The monoisotopic (exact) mass is 343 g/mol. The number of hydrogen-bond acceptors (Lipinski definition) is 3. The van der Waals surface area contributed by atoms with E-state index in [4.69, 9.17) is 33.7 Å². The normalized spacial score (nSPS) is 12.2. The summed E-state index contributed by atoms with van der Waals surface area (Å²) in [5.41, 5.74) is 7.43. The van der Waals surface area contributed by atoms with E-state index in [0.717, 1.165) is 11.1 Å². The molecule has 1 atom stereocenters. The van der Waals surface area contributed by atoms with Crippen LogP contribution in [0.2, 0.25) is 10.0 Å². The minimum absolute atomic E-state index is 0.335. The summed E-state index contributed by atoms with van der Waals surface area (Å²) >= 11 is 12.0. The maximum atomic E-state index is 12.4. The molecule has 2 aromatic carbocycles. The number of hydrogen-bond donors (Lipinski definition) is 1. The van der Waals surface area contributed by atoms with Crippen LogP contribution in [-0.4, -0.2) is 11.3 Å². The number of methoxy groups -OCH3 is 1. The molecular formula is C15H15Cl2NO2S. The first-order chi connectivity index (χ1) is 10.0. The molecule has 0 aliphatic rings. The minimum atomic E-state index is -1.28. The molecule has 3 nitrogen and oxygen atoms in total. The SMILES string of the molecule is COc1cc(CS(=O)c2cc(Cl)ccc2Cl)ccc1CN. The van der Waals surface area contributed by atoms with Gasteiger partial charge in [0.25, 0.3) is 0 Å². The Labute approximate surface area is 136 Å². The van der Waals surface area contributed by atoms with E-state index in [-0.39, 0.29) is 0 Å². The van der Waals surface area contributed by atoms with E-state index in [0.29, 0.717) is 33.0 Å². The Morgan fingerprint density at radius 1 is 1.19 bits per heavy atom. The third-order valence-corrected chi connectivity index (χ3v) is 5.11. The van der Waals surface area contributed by atoms with Gasteiger partial charge in [-0.3, -0.25) is 4.21 Å². The number of rotatable bonds is 5. The summed E-state index contributed by atoms with van der Waals surface area (Å²) in [6, 6.07) is 10.6. The highest BCUT2D eigenvalue weighted by Gasteiger charge is 2.12. The molecule has 0 radical (unpaired) electrons. The zero-order valence-corrected chi connectivity index (χ0v) is 13.8. The van der Waals surface area contributed by atoms with Crippen molar-refractivity contribution in [3.05, 3.63) is 57.6 Å². The second-order valence-corrected chi connectivity index (χ2v) is 6.68. The van der Waals surface area contributed by atoms with Gasteiger partial charge in [-0.2, -0.15) is 0 Å². The molecular weight excluding hydrogens is 329 g/mol. The Morgan fingerprint density at radius 3 is 2.62 bits per heavy atom. The van der Waals surface area contributed by atoms with E-state index < -0.39 is 10.8 Å². The number of halogens is 2. The first-order valence-corrected chi connectivity index (χ1v) is 8.32. The Balaban J connectivity index is 2.25. The third kappa shape index (κ3) is 3.98. The predicted octanol–water partition coefficient (Wildman–Crippen LogP) is 3.77. The van der Waals surface area contributed by atoms with Crippen LogP contribution in [0.1, 0.15) is 11.1 Å². The minimum Gasteiger partial charge on any atom is -0.496 e. The molecule has 2 rings (SSSR count). The lowest BCUT2D eigenvalue weighted by atomic mass is 10.1. The topological polar surface area (TPSA) is 52.3 Å². The van der Waals surface area contributed by atoms with Crippen molar-refractivity contribution in [1.29, 1.82) is 0 Å². The average molecular weight is 344 g/mol. The van der Waals surface area contributed by atoms with Gasteiger partial charge >= 0.3 is 0 Å². The van der Waals surface area contributed by atoms with Crippen molar-refractivity contribution >= 4 is 34.0 Å². The van der Waals surface area contributed by atoms with E-state index in [9.17, 15) is 4.21 Å². The lowest BCUT2D eigenvalue weighted by Crippen LogP contribution is -2.02. The summed E-state index contributed by atoms with van der Waals surface area (Å²) < 4.78 is 17.7. The Hall–Kier alpha value is -1.07. The van der Waals surface area contributed by atoms with E-state index in [2.05, 4.69) is 0 Å². The fraction of sp³-hybridized carbons (Fsp3) is 0.200. The molecule has 112 valence electrons. The van der Waals surface area contributed by atoms with Crippen LogP contribution < -0.4 is 10.5 Å². The third-order valence-electron chi connectivity index (χ3n) is 3.01. The van der Waals surface area contributed by atoms with Crippen molar-refractivity contribution in [1.82, 2.24) is 0 Å². The molecule has 0 spiro atoms. The maximum Gasteiger partial charge on any atom is 0.123 e. The fourth-order valence-corrected chi connectivity index (χ4v) is 3.72. The zero-order chi connectivity index (χ0) is 15.4. The van der Waals surface area contributed by atoms with Crippen LogP contribution in [0, 0.1) is 0 Å². The molecule has 0 saturated heterocycles. The van der Waals surface area contributed by atoms with Crippen LogP contribution >= 0.6 is 23.2 Å². The van der Waals surface area contributed by atoms with Crippen molar-refractivity contribution in [2.45, 2.75) is 17.2 Å². The molecule has 0 fully saturated rings. The highest BCUT2D eigenvalue weighted by atomic mass is 35.5. The van der Waals surface area contributed by atoms with E-state index in [1.54, 1.807) is 25.3 Å². The first-order valence-electron chi connectivity index (χ1n) is 6.24. The maximum absolute atomic E-state index is 12.4. The van der Waals surface area contributed by atoms with Crippen LogP contribution in [0.15, 0.2) is 41.3 Å². The number of benzene rings is 2. The average Bonchev–Trinajstić information content (AvgIpc) is 2.49. The lowest BCUT2D eigenvalue weighted by molar-refractivity contribution is 0.409. The van der Waals surface area contributed by atoms with Crippen LogP contribution in [0.25, 0.3) is 0 Å². The highest BCUT2D eigenvalue weighted by Crippen LogP contribution is 2.27. The molecule has 0 bridgehead atoms. The van der Waals surface area contributed by atoms with Crippen molar-refractivity contribution < 1.29 is 8.95 Å².